The van der Waals surface area contributed by atoms with Crippen LogP contribution in [0.25, 0.3) is 11.1 Å². The molecular weight excluding hydrogens is 390 g/mol. The summed E-state index contributed by atoms with van der Waals surface area (Å²) in [6.45, 7) is 0.460. The lowest BCUT2D eigenvalue weighted by Crippen LogP contribution is -2.15. The van der Waals surface area contributed by atoms with Crippen LogP contribution in [0.5, 0.6) is 11.5 Å². The summed E-state index contributed by atoms with van der Waals surface area (Å²) in [6, 6.07) is 11.3. The van der Waals surface area contributed by atoms with Crippen LogP contribution in [0.4, 0.5) is 0 Å². The molecule has 2 aromatic carbocycles. The van der Waals surface area contributed by atoms with E-state index in [1.165, 1.54) is 32.8 Å². The third-order valence-electron chi connectivity index (χ3n) is 6.42. The van der Waals surface area contributed by atoms with E-state index in [0.717, 1.165) is 34.6 Å². The van der Waals surface area contributed by atoms with Gasteiger partial charge in [-0.2, -0.15) is 0 Å². The van der Waals surface area contributed by atoms with Crippen LogP contribution >= 0.6 is 0 Å². The first-order valence-corrected chi connectivity index (χ1v) is 11.4. The monoisotopic (exact) mass is 425 g/mol. The Bertz CT molecular complexity index is 856. The smallest absolute Gasteiger partial charge is 0.168 e. The Hall–Kier alpha value is -2.37. The Morgan fingerprint density at radius 3 is 2.52 bits per heavy atom. The van der Waals surface area contributed by atoms with Crippen molar-refractivity contribution in [2.75, 3.05) is 7.11 Å². The number of aliphatic hydroxyl groups is 1. The third-order valence-corrected chi connectivity index (χ3v) is 6.42. The number of carbonyl (C=O) groups excluding carboxylic acids is 1. The van der Waals surface area contributed by atoms with Crippen LogP contribution in [-0.4, -0.2) is 29.2 Å². The van der Waals surface area contributed by atoms with Crippen molar-refractivity contribution in [2.24, 2.45) is 11.7 Å². The number of ketones is 1. The summed E-state index contributed by atoms with van der Waals surface area (Å²) in [5, 5.41) is 20.6. The van der Waals surface area contributed by atoms with Crippen molar-refractivity contribution in [2.45, 2.75) is 70.4 Å². The van der Waals surface area contributed by atoms with Crippen LogP contribution in [0.15, 0.2) is 36.4 Å². The highest BCUT2D eigenvalue weighted by Gasteiger charge is 2.20. The van der Waals surface area contributed by atoms with E-state index >= 15 is 0 Å². The minimum atomic E-state index is -0.550. The van der Waals surface area contributed by atoms with Crippen molar-refractivity contribution in [3.8, 4) is 22.6 Å². The van der Waals surface area contributed by atoms with E-state index in [-0.39, 0.29) is 18.0 Å². The second kappa shape index (κ2) is 11.3. The predicted molar refractivity (Wildman–Crippen MR) is 123 cm³/mol. The zero-order valence-electron chi connectivity index (χ0n) is 18.5. The molecule has 0 aromatic heterocycles. The molecular formula is C26H35NO4. The van der Waals surface area contributed by atoms with Gasteiger partial charge in [0.25, 0.3) is 0 Å². The number of hydrogen-bond donors (Lipinski definition) is 3. The first-order valence-electron chi connectivity index (χ1n) is 11.4. The summed E-state index contributed by atoms with van der Waals surface area (Å²) in [7, 11) is 1.53. The summed E-state index contributed by atoms with van der Waals surface area (Å²) < 4.78 is 5.48. The Kier molecular flexibility index (Phi) is 8.50. The van der Waals surface area contributed by atoms with Gasteiger partial charge in [-0.1, -0.05) is 56.0 Å². The lowest BCUT2D eigenvalue weighted by atomic mass is 9.92. The maximum atomic E-state index is 12.5. The van der Waals surface area contributed by atoms with Crippen LogP contribution in [0.2, 0.25) is 0 Å². The summed E-state index contributed by atoms with van der Waals surface area (Å²) in [5.41, 5.74) is 9.36. The van der Waals surface area contributed by atoms with Gasteiger partial charge in [0.1, 0.15) is 5.78 Å². The van der Waals surface area contributed by atoms with Gasteiger partial charge in [-0.25, -0.2) is 0 Å². The zero-order valence-corrected chi connectivity index (χ0v) is 18.5. The molecule has 0 spiro atoms. The molecule has 3 rings (SSSR count). The lowest BCUT2D eigenvalue weighted by molar-refractivity contribution is -0.121. The van der Waals surface area contributed by atoms with Gasteiger partial charge in [0.05, 0.1) is 13.2 Å². The number of nitrogens with two attached hydrogens (primary N) is 1. The topological polar surface area (TPSA) is 92.8 Å². The fraction of sp³-hybridized carbons (Fsp3) is 0.500. The molecule has 5 nitrogen and oxygen atoms in total. The maximum Gasteiger partial charge on any atom is 0.168 e. The summed E-state index contributed by atoms with van der Waals surface area (Å²) in [4.78, 5) is 12.5. The third kappa shape index (κ3) is 6.31. The highest BCUT2D eigenvalue weighted by Crippen LogP contribution is 2.40. The molecule has 0 saturated heterocycles. The minimum absolute atomic E-state index is 0.0652. The Balaban J connectivity index is 1.65. The highest BCUT2D eigenvalue weighted by molar-refractivity contribution is 5.81. The number of aromatic hydroxyl groups is 1. The molecule has 0 bridgehead atoms. The molecule has 1 aliphatic carbocycles. The molecule has 0 heterocycles. The molecule has 0 unspecified atom stereocenters. The van der Waals surface area contributed by atoms with E-state index in [4.69, 9.17) is 10.5 Å². The van der Waals surface area contributed by atoms with Crippen molar-refractivity contribution in [1.29, 1.82) is 0 Å². The Labute approximate surface area is 185 Å². The number of benzene rings is 2. The van der Waals surface area contributed by atoms with Gasteiger partial charge < -0.3 is 20.7 Å². The average molecular weight is 426 g/mol. The molecule has 1 fully saturated rings. The van der Waals surface area contributed by atoms with Crippen LogP contribution in [-0.2, 0) is 17.8 Å². The Morgan fingerprint density at radius 2 is 1.87 bits per heavy atom. The van der Waals surface area contributed by atoms with Crippen molar-refractivity contribution in [1.82, 2.24) is 0 Å². The average Bonchev–Trinajstić information content (AvgIpc) is 3.30. The quantitative estimate of drug-likeness (QED) is 0.483. The summed E-state index contributed by atoms with van der Waals surface area (Å²) in [5.74, 6) is 1.26. The summed E-state index contributed by atoms with van der Waals surface area (Å²) in [6.07, 6.45) is 7.39. The number of Topliss-reactive ketones (excluding diaryl/α,β-unsaturated/α-hetero) is 1. The molecule has 0 amide bonds. The number of ether oxygens (including phenoxy) is 1. The number of aliphatic hydroxyl groups excluding tert-OH is 1. The number of aryl methyl sites for hydroxylation is 1. The first kappa shape index (κ1) is 23.3. The van der Waals surface area contributed by atoms with Gasteiger partial charge in [-0.3, -0.25) is 4.79 Å². The standard InChI is InChI=1S/C26H35NO4/c1-31-26-24(30)15-12-21(25(26)20-9-6-19(17-27)7-10-20)11-14-23(29)16-22(28)13-8-18-4-2-3-5-18/h6-7,9-10,12,15,18,22,28,30H,2-5,8,11,13-14,16-17,27H2,1H3/t22-/m1/s1. The van der Waals surface area contributed by atoms with E-state index in [1.54, 1.807) is 6.07 Å². The second-order valence-corrected chi connectivity index (χ2v) is 8.68. The van der Waals surface area contributed by atoms with Crippen LogP contribution in [0.3, 0.4) is 0 Å². The molecule has 1 aliphatic rings. The van der Waals surface area contributed by atoms with E-state index in [1.807, 2.05) is 30.3 Å². The minimum Gasteiger partial charge on any atom is -0.504 e. The molecule has 1 atom stereocenters. The number of methoxy groups -OCH3 is 1. The molecule has 2 aromatic rings. The van der Waals surface area contributed by atoms with Crippen molar-refractivity contribution >= 4 is 5.78 Å². The van der Waals surface area contributed by atoms with Crippen LogP contribution < -0.4 is 10.5 Å². The lowest BCUT2D eigenvalue weighted by Gasteiger charge is -2.17. The molecule has 1 saturated carbocycles. The van der Waals surface area contributed by atoms with Crippen molar-refractivity contribution < 1.29 is 19.7 Å². The van der Waals surface area contributed by atoms with Gasteiger partial charge in [-0.05, 0) is 47.9 Å². The fourth-order valence-corrected chi connectivity index (χ4v) is 4.62. The molecule has 168 valence electrons. The molecule has 4 N–H and O–H groups in total. The number of phenols is 1. The van der Waals surface area contributed by atoms with E-state index in [0.29, 0.717) is 31.6 Å². The van der Waals surface area contributed by atoms with Gasteiger partial charge in [-0.15, -0.1) is 0 Å². The second-order valence-electron chi connectivity index (χ2n) is 8.68. The van der Waals surface area contributed by atoms with Gasteiger partial charge in [0, 0.05) is 24.9 Å². The number of carbonyl (C=O) groups is 1. The number of rotatable bonds is 11. The molecule has 31 heavy (non-hydrogen) atoms. The molecule has 0 radical (unpaired) electrons. The molecule has 5 heteroatoms. The van der Waals surface area contributed by atoms with Gasteiger partial charge >= 0.3 is 0 Å². The highest BCUT2D eigenvalue weighted by atomic mass is 16.5. The van der Waals surface area contributed by atoms with Gasteiger partial charge in [0.2, 0.25) is 0 Å². The maximum absolute atomic E-state index is 12.5. The van der Waals surface area contributed by atoms with E-state index < -0.39 is 6.10 Å². The van der Waals surface area contributed by atoms with Crippen molar-refractivity contribution in [3.63, 3.8) is 0 Å². The molecule has 0 aliphatic heterocycles. The largest absolute Gasteiger partial charge is 0.504 e. The van der Waals surface area contributed by atoms with Crippen LogP contribution in [0, 0.1) is 5.92 Å². The SMILES string of the molecule is COc1c(O)ccc(CCC(=O)C[C@H](O)CCC2CCCC2)c1-c1ccc(CN)cc1. The Morgan fingerprint density at radius 1 is 1.16 bits per heavy atom. The van der Waals surface area contributed by atoms with Gasteiger partial charge in [0.15, 0.2) is 11.5 Å². The normalized spacial score (nSPS) is 15.2. The summed E-state index contributed by atoms with van der Waals surface area (Å²) >= 11 is 0. The fourth-order valence-electron chi connectivity index (χ4n) is 4.62. The first-order chi connectivity index (χ1) is 15.0. The van der Waals surface area contributed by atoms with E-state index in [2.05, 4.69) is 0 Å². The predicted octanol–water partition coefficient (Wildman–Crippen LogP) is 4.75. The van der Waals surface area contributed by atoms with E-state index in [9.17, 15) is 15.0 Å². The van der Waals surface area contributed by atoms with Crippen molar-refractivity contribution in [3.05, 3.63) is 47.5 Å². The zero-order chi connectivity index (χ0) is 22.2. The number of hydrogen-bond acceptors (Lipinski definition) is 5. The number of phenolic OH excluding ortho intramolecular Hbond substituents is 1. The van der Waals surface area contributed by atoms with Crippen LogP contribution in [0.1, 0.15) is 62.5 Å².